The Morgan fingerprint density at radius 2 is 1.62 bits per heavy atom. The third kappa shape index (κ3) is 3.00. The van der Waals surface area contributed by atoms with Crippen LogP contribution in [0.2, 0.25) is 0 Å². The molecule has 2 aliphatic rings. The van der Waals surface area contributed by atoms with Crippen LogP contribution in [0.4, 0.5) is 0 Å². The fourth-order valence-corrected chi connectivity index (χ4v) is 5.14. The Morgan fingerprint density at radius 3 is 2.19 bits per heavy atom. The van der Waals surface area contributed by atoms with Crippen LogP contribution in [0.1, 0.15) is 69.6 Å². The van der Waals surface area contributed by atoms with Crippen LogP contribution >= 0.6 is 0 Å². The van der Waals surface area contributed by atoms with Crippen LogP contribution in [0, 0.1) is 11.3 Å². The molecule has 144 valence electrons. The molecular formula is C23H34O3. The van der Waals surface area contributed by atoms with Crippen LogP contribution in [0.5, 0.6) is 17.2 Å². The molecule has 0 saturated heterocycles. The van der Waals surface area contributed by atoms with Gasteiger partial charge >= 0.3 is 0 Å². The highest BCUT2D eigenvalue weighted by Gasteiger charge is 2.38. The summed E-state index contributed by atoms with van der Waals surface area (Å²) >= 11 is 0. The highest BCUT2D eigenvalue weighted by atomic mass is 16.5. The van der Waals surface area contributed by atoms with E-state index < -0.39 is 0 Å². The molecule has 3 nitrogen and oxygen atoms in total. The molecule has 1 aromatic rings. The van der Waals surface area contributed by atoms with E-state index in [0.29, 0.717) is 17.3 Å². The average molecular weight is 359 g/mol. The zero-order valence-electron chi connectivity index (χ0n) is 17.5. The number of benzene rings is 1. The van der Waals surface area contributed by atoms with E-state index in [-0.39, 0.29) is 0 Å². The number of rotatable bonds is 4. The largest absolute Gasteiger partial charge is 0.496 e. The topological polar surface area (TPSA) is 27.7 Å². The Hall–Kier alpha value is -1.64. The second kappa shape index (κ2) is 7.17. The number of fused-ring (bicyclic) bond motifs is 2. The van der Waals surface area contributed by atoms with Crippen LogP contribution in [-0.4, -0.2) is 21.3 Å². The van der Waals surface area contributed by atoms with Gasteiger partial charge in [-0.25, -0.2) is 0 Å². The summed E-state index contributed by atoms with van der Waals surface area (Å²) in [6.07, 6.45) is 8.07. The predicted molar refractivity (Wildman–Crippen MR) is 107 cm³/mol. The summed E-state index contributed by atoms with van der Waals surface area (Å²) in [4.78, 5) is 0. The Labute approximate surface area is 158 Å². The molecule has 0 saturated carbocycles. The molecule has 0 aliphatic heterocycles. The van der Waals surface area contributed by atoms with Gasteiger partial charge in [-0.2, -0.15) is 0 Å². The molecule has 0 N–H and O–H groups in total. The molecule has 3 rings (SSSR count). The number of methoxy groups -OCH3 is 3. The second-order valence-electron chi connectivity index (χ2n) is 8.70. The molecule has 0 heterocycles. The summed E-state index contributed by atoms with van der Waals surface area (Å²) in [6.45, 7) is 9.23. The van der Waals surface area contributed by atoms with E-state index >= 15 is 0 Å². The Bertz CT molecular complexity index is 713. The van der Waals surface area contributed by atoms with E-state index in [1.54, 1.807) is 26.9 Å². The Morgan fingerprint density at radius 1 is 0.962 bits per heavy atom. The van der Waals surface area contributed by atoms with E-state index in [0.717, 1.165) is 35.7 Å². The zero-order chi connectivity index (χ0) is 19.1. The lowest BCUT2D eigenvalue weighted by Gasteiger charge is -2.39. The first kappa shape index (κ1) is 19.1. The minimum absolute atomic E-state index is 0.306. The van der Waals surface area contributed by atoms with Crippen molar-refractivity contribution in [1.82, 2.24) is 0 Å². The van der Waals surface area contributed by atoms with Crippen LogP contribution in [0.15, 0.2) is 11.6 Å². The van der Waals surface area contributed by atoms with Crippen molar-refractivity contribution in [2.45, 2.75) is 65.7 Å². The minimum Gasteiger partial charge on any atom is -0.496 e. The molecule has 1 unspecified atom stereocenters. The third-order valence-electron chi connectivity index (χ3n) is 6.45. The molecule has 3 heteroatoms. The molecule has 2 aliphatic carbocycles. The van der Waals surface area contributed by atoms with Gasteiger partial charge < -0.3 is 14.2 Å². The second-order valence-corrected chi connectivity index (χ2v) is 8.70. The maximum atomic E-state index is 5.95. The van der Waals surface area contributed by atoms with E-state index in [1.165, 1.54) is 30.4 Å². The fourth-order valence-electron chi connectivity index (χ4n) is 5.14. The predicted octanol–water partition coefficient (Wildman–Crippen LogP) is 5.69. The molecule has 1 aromatic carbocycles. The summed E-state index contributed by atoms with van der Waals surface area (Å²) in [5, 5.41) is 0. The SMILES string of the molecule is COc1c2c(c(OC)c(C(C)C)c1OC)CCC1C(=CCCC1(C)C)C2. The lowest BCUT2D eigenvalue weighted by molar-refractivity contribution is 0.203. The minimum atomic E-state index is 0.306. The number of hydrogen-bond acceptors (Lipinski definition) is 3. The van der Waals surface area contributed by atoms with Gasteiger partial charge in [-0.3, -0.25) is 0 Å². The first-order chi connectivity index (χ1) is 12.4. The molecule has 26 heavy (non-hydrogen) atoms. The van der Waals surface area contributed by atoms with Crippen LogP contribution < -0.4 is 14.2 Å². The molecule has 0 fully saturated rings. The summed E-state index contributed by atoms with van der Waals surface area (Å²) in [5.74, 6) is 3.68. The van der Waals surface area contributed by atoms with Crippen LogP contribution in [0.3, 0.4) is 0 Å². The first-order valence-corrected chi connectivity index (χ1v) is 9.88. The van der Waals surface area contributed by atoms with Crippen molar-refractivity contribution in [3.63, 3.8) is 0 Å². The van der Waals surface area contributed by atoms with Crippen LogP contribution in [0.25, 0.3) is 0 Å². The van der Waals surface area contributed by atoms with Gasteiger partial charge in [0.25, 0.3) is 0 Å². The smallest absolute Gasteiger partial charge is 0.168 e. The normalized spacial score (nSPS) is 21.4. The highest BCUT2D eigenvalue weighted by molar-refractivity contribution is 5.65. The Balaban J connectivity index is 2.24. The molecule has 0 spiro atoms. The number of ether oxygens (including phenoxy) is 3. The number of allylic oxidation sites excluding steroid dienone is 2. The van der Waals surface area contributed by atoms with Gasteiger partial charge in [-0.15, -0.1) is 0 Å². The lowest BCUT2D eigenvalue weighted by atomic mass is 9.66. The van der Waals surface area contributed by atoms with Gasteiger partial charge in [0, 0.05) is 16.7 Å². The summed E-state index contributed by atoms with van der Waals surface area (Å²) in [7, 11) is 5.28. The summed E-state index contributed by atoms with van der Waals surface area (Å²) in [6, 6.07) is 0. The monoisotopic (exact) mass is 358 g/mol. The van der Waals surface area contributed by atoms with Gasteiger partial charge in [-0.1, -0.05) is 39.3 Å². The van der Waals surface area contributed by atoms with E-state index in [4.69, 9.17) is 14.2 Å². The standard InChI is InChI=1S/C23H34O3/c1-14(2)19-20(24-5)16-10-11-18-15(9-8-12-23(18,3)4)13-17(16)21(25-6)22(19)26-7/h9,14,18H,8,10-13H2,1-7H3. The van der Waals surface area contributed by atoms with E-state index in [9.17, 15) is 0 Å². The molecule has 0 bridgehead atoms. The van der Waals surface area contributed by atoms with E-state index in [2.05, 4.69) is 33.8 Å². The average Bonchev–Trinajstić information content (AvgIpc) is 2.79. The molecule has 1 atom stereocenters. The summed E-state index contributed by atoms with van der Waals surface area (Å²) < 4.78 is 17.7. The van der Waals surface area contributed by atoms with Crippen molar-refractivity contribution in [2.24, 2.45) is 11.3 Å². The molecular weight excluding hydrogens is 324 g/mol. The van der Waals surface area contributed by atoms with Gasteiger partial charge in [-0.05, 0) is 49.4 Å². The van der Waals surface area contributed by atoms with Crippen molar-refractivity contribution < 1.29 is 14.2 Å². The van der Waals surface area contributed by atoms with Crippen molar-refractivity contribution in [1.29, 1.82) is 0 Å². The van der Waals surface area contributed by atoms with Gasteiger partial charge in [0.2, 0.25) is 0 Å². The third-order valence-corrected chi connectivity index (χ3v) is 6.45. The zero-order valence-corrected chi connectivity index (χ0v) is 17.5. The fraction of sp³-hybridized carbons (Fsp3) is 0.652. The van der Waals surface area contributed by atoms with Crippen molar-refractivity contribution in [2.75, 3.05) is 21.3 Å². The maximum absolute atomic E-state index is 5.95. The number of hydrogen-bond donors (Lipinski definition) is 0. The van der Waals surface area contributed by atoms with Crippen molar-refractivity contribution in [3.05, 3.63) is 28.3 Å². The molecule has 0 radical (unpaired) electrons. The van der Waals surface area contributed by atoms with Crippen LogP contribution in [-0.2, 0) is 12.8 Å². The first-order valence-electron chi connectivity index (χ1n) is 9.88. The van der Waals surface area contributed by atoms with Crippen molar-refractivity contribution in [3.8, 4) is 17.2 Å². The molecule has 0 amide bonds. The highest BCUT2D eigenvalue weighted by Crippen LogP contribution is 2.53. The quantitative estimate of drug-likeness (QED) is 0.647. The van der Waals surface area contributed by atoms with Crippen molar-refractivity contribution >= 4 is 0 Å². The summed E-state index contributed by atoms with van der Waals surface area (Å²) in [5.41, 5.74) is 5.64. The van der Waals surface area contributed by atoms with E-state index in [1.807, 2.05) is 0 Å². The Kier molecular flexibility index (Phi) is 5.28. The maximum Gasteiger partial charge on any atom is 0.168 e. The molecule has 0 aromatic heterocycles. The van der Waals surface area contributed by atoms with Gasteiger partial charge in [0.1, 0.15) is 5.75 Å². The van der Waals surface area contributed by atoms with Gasteiger partial charge in [0.05, 0.1) is 21.3 Å². The van der Waals surface area contributed by atoms with Gasteiger partial charge in [0.15, 0.2) is 11.5 Å². The lowest BCUT2D eigenvalue weighted by Crippen LogP contribution is -2.29.